The summed E-state index contributed by atoms with van der Waals surface area (Å²) in [6.07, 6.45) is 3.54. The van der Waals surface area contributed by atoms with Gasteiger partial charge in [0.25, 0.3) is 0 Å². The second-order valence-corrected chi connectivity index (χ2v) is 5.20. The number of hydrogen-bond donors (Lipinski definition) is 1. The number of anilines is 1. The maximum atomic E-state index is 4.64. The Morgan fingerprint density at radius 3 is 2.28 bits per heavy atom. The van der Waals surface area contributed by atoms with Crippen molar-refractivity contribution < 1.29 is 0 Å². The smallest absolute Gasteiger partial charge is 0.136 e. The summed E-state index contributed by atoms with van der Waals surface area (Å²) in [7, 11) is 1.87. The molecule has 0 bridgehead atoms. The van der Waals surface area contributed by atoms with Gasteiger partial charge >= 0.3 is 0 Å². The van der Waals surface area contributed by atoms with Crippen LogP contribution in [-0.2, 0) is 5.41 Å². The van der Waals surface area contributed by atoms with E-state index in [4.69, 9.17) is 0 Å². The number of pyridine rings is 1. The van der Waals surface area contributed by atoms with E-state index in [1.807, 2.05) is 25.2 Å². The molecule has 0 saturated heterocycles. The molecule has 0 atom stereocenters. The highest BCUT2D eigenvalue weighted by molar-refractivity contribution is 5.62. The zero-order chi connectivity index (χ0) is 13.2. The lowest BCUT2D eigenvalue weighted by molar-refractivity contribution is 0.547. The highest BCUT2D eigenvalue weighted by Gasteiger charge is 2.19. The van der Waals surface area contributed by atoms with Crippen molar-refractivity contribution >= 4 is 5.82 Å². The molecule has 0 radical (unpaired) electrons. The third-order valence-corrected chi connectivity index (χ3v) is 2.63. The highest BCUT2D eigenvalue weighted by Crippen LogP contribution is 2.24. The van der Waals surface area contributed by atoms with Gasteiger partial charge in [0.15, 0.2) is 0 Å². The fourth-order valence-corrected chi connectivity index (χ4v) is 1.58. The second-order valence-electron chi connectivity index (χ2n) is 5.20. The summed E-state index contributed by atoms with van der Waals surface area (Å²) in [6.45, 7) is 6.33. The number of hydrogen-bond acceptors (Lipinski definition) is 4. The predicted octanol–water partition coefficient (Wildman–Crippen LogP) is 2.88. The van der Waals surface area contributed by atoms with Gasteiger partial charge < -0.3 is 5.32 Å². The van der Waals surface area contributed by atoms with Crippen molar-refractivity contribution in [1.82, 2.24) is 15.0 Å². The average molecular weight is 242 g/mol. The molecule has 94 valence electrons. The number of nitrogens with one attached hydrogen (secondary N) is 1. The second kappa shape index (κ2) is 4.72. The lowest BCUT2D eigenvalue weighted by Gasteiger charge is -2.18. The third kappa shape index (κ3) is 2.64. The van der Waals surface area contributed by atoms with E-state index in [-0.39, 0.29) is 5.41 Å². The van der Waals surface area contributed by atoms with Crippen LogP contribution in [-0.4, -0.2) is 22.0 Å². The molecule has 0 aromatic carbocycles. The van der Waals surface area contributed by atoms with E-state index in [1.54, 1.807) is 12.4 Å². The van der Waals surface area contributed by atoms with Gasteiger partial charge in [-0.1, -0.05) is 20.8 Å². The lowest BCUT2D eigenvalue weighted by atomic mass is 9.95. The summed E-state index contributed by atoms with van der Waals surface area (Å²) in [6, 6.07) is 5.85. The fourth-order valence-electron chi connectivity index (χ4n) is 1.58. The fraction of sp³-hybridized carbons (Fsp3) is 0.357. The SMILES string of the molecule is CNc1cc(-c2ccncc2)nc(C(C)(C)C)n1. The Balaban J connectivity index is 2.55. The predicted molar refractivity (Wildman–Crippen MR) is 73.5 cm³/mol. The van der Waals surface area contributed by atoms with E-state index < -0.39 is 0 Å². The standard InChI is InChI=1S/C14H18N4/c1-14(2,3)13-17-11(9-12(15-4)18-13)10-5-7-16-8-6-10/h5-9H,1-4H3,(H,15,17,18). The first kappa shape index (κ1) is 12.5. The summed E-state index contributed by atoms with van der Waals surface area (Å²) in [5.74, 6) is 1.67. The van der Waals surface area contributed by atoms with Crippen LogP contribution in [0.2, 0.25) is 0 Å². The summed E-state index contributed by atoms with van der Waals surface area (Å²) in [5, 5.41) is 3.08. The largest absolute Gasteiger partial charge is 0.373 e. The van der Waals surface area contributed by atoms with Gasteiger partial charge in [-0.25, -0.2) is 9.97 Å². The van der Waals surface area contributed by atoms with Crippen molar-refractivity contribution in [2.75, 3.05) is 12.4 Å². The monoisotopic (exact) mass is 242 g/mol. The molecule has 0 amide bonds. The molecule has 18 heavy (non-hydrogen) atoms. The van der Waals surface area contributed by atoms with Crippen LogP contribution in [0.1, 0.15) is 26.6 Å². The topological polar surface area (TPSA) is 50.7 Å². The molecule has 2 aromatic heterocycles. The summed E-state index contributed by atoms with van der Waals surface area (Å²) >= 11 is 0. The minimum atomic E-state index is -0.0748. The third-order valence-electron chi connectivity index (χ3n) is 2.63. The van der Waals surface area contributed by atoms with E-state index in [2.05, 4.69) is 41.0 Å². The van der Waals surface area contributed by atoms with Gasteiger partial charge in [-0.05, 0) is 12.1 Å². The van der Waals surface area contributed by atoms with Crippen molar-refractivity contribution in [3.05, 3.63) is 36.4 Å². The minimum Gasteiger partial charge on any atom is -0.373 e. The van der Waals surface area contributed by atoms with Gasteiger partial charge in [0, 0.05) is 36.5 Å². The molecule has 0 aliphatic carbocycles. The van der Waals surface area contributed by atoms with Crippen molar-refractivity contribution in [3.63, 3.8) is 0 Å². The Morgan fingerprint density at radius 2 is 1.72 bits per heavy atom. The van der Waals surface area contributed by atoms with E-state index >= 15 is 0 Å². The number of rotatable bonds is 2. The Morgan fingerprint density at radius 1 is 1.06 bits per heavy atom. The van der Waals surface area contributed by atoms with Gasteiger partial charge in [0.1, 0.15) is 11.6 Å². The Hall–Kier alpha value is -1.97. The molecular formula is C14H18N4. The quantitative estimate of drug-likeness (QED) is 0.879. The van der Waals surface area contributed by atoms with E-state index in [1.165, 1.54) is 0 Å². The summed E-state index contributed by atoms with van der Waals surface area (Å²) < 4.78 is 0. The molecule has 4 heteroatoms. The Bertz CT molecular complexity index is 529. The van der Waals surface area contributed by atoms with E-state index in [0.29, 0.717) is 0 Å². The highest BCUT2D eigenvalue weighted by atomic mass is 15.0. The maximum absolute atomic E-state index is 4.64. The zero-order valence-electron chi connectivity index (χ0n) is 11.2. The van der Waals surface area contributed by atoms with Gasteiger partial charge in [0.2, 0.25) is 0 Å². The van der Waals surface area contributed by atoms with Crippen LogP contribution in [0.15, 0.2) is 30.6 Å². The van der Waals surface area contributed by atoms with Crippen molar-refractivity contribution in [2.45, 2.75) is 26.2 Å². The summed E-state index contributed by atoms with van der Waals surface area (Å²) in [4.78, 5) is 13.2. The van der Waals surface area contributed by atoms with Gasteiger partial charge in [0.05, 0.1) is 5.69 Å². The lowest BCUT2D eigenvalue weighted by Crippen LogP contribution is -2.17. The van der Waals surface area contributed by atoms with Crippen LogP contribution in [0.25, 0.3) is 11.3 Å². The molecule has 0 aliphatic rings. The molecule has 2 heterocycles. The number of aromatic nitrogens is 3. The normalized spacial score (nSPS) is 11.3. The van der Waals surface area contributed by atoms with Gasteiger partial charge in [-0.3, -0.25) is 4.98 Å². The molecule has 0 spiro atoms. The maximum Gasteiger partial charge on any atom is 0.136 e. The van der Waals surface area contributed by atoms with E-state index in [9.17, 15) is 0 Å². The van der Waals surface area contributed by atoms with Crippen LogP contribution in [0, 0.1) is 0 Å². The van der Waals surface area contributed by atoms with Crippen molar-refractivity contribution in [3.8, 4) is 11.3 Å². The summed E-state index contributed by atoms with van der Waals surface area (Å²) in [5.41, 5.74) is 1.89. The molecule has 0 saturated carbocycles. The van der Waals surface area contributed by atoms with Crippen LogP contribution in [0.4, 0.5) is 5.82 Å². The van der Waals surface area contributed by atoms with Crippen molar-refractivity contribution in [1.29, 1.82) is 0 Å². The van der Waals surface area contributed by atoms with Gasteiger partial charge in [-0.15, -0.1) is 0 Å². The molecule has 0 aliphatic heterocycles. The molecule has 1 N–H and O–H groups in total. The Labute approximate surface area is 108 Å². The van der Waals surface area contributed by atoms with Crippen LogP contribution < -0.4 is 5.32 Å². The molecule has 4 nitrogen and oxygen atoms in total. The number of nitrogens with zero attached hydrogens (tertiary/aromatic N) is 3. The first-order valence-corrected chi connectivity index (χ1v) is 5.98. The minimum absolute atomic E-state index is 0.0748. The molecule has 0 fully saturated rings. The van der Waals surface area contributed by atoms with E-state index in [0.717, 1.165) is 22.9 Å². The molecule has 2 aromatic rings. The molecule has 0 unspecified atom stereocenters. The zero-order valence-corrected chi connectivity index (χ0v) is 11.2. The average Bonchev–Trinajstić information content (AvgIpc) is 2.38. The molecule has 2 rings (SSSR count). The van der Waals surface area contributed by atoms with Crippen LogP contribution >= 0.6 is 0 Å². The van der Waals surface area contributed by atoms with Crippen LogP contribution in [0.3, 0.4) is 0 Å². The Kier molecular flexibility index (Phi) is 3.28. The molecular weight excluding hydrogens is 224 g/mol. The first-order chi connectivity index (χ1) is 8.50. The van der Waals surface area contributed by atoms with Gasteiger partial charge in [-0.2, -0.15) is 0 Å². The van der Waals surface area contributed by atoms with Crippen molar-refractivity contribution in [2.24, 2.45) is 0 Å². The van der Waals surface area contributed by atoms with Crippen LogP contribution in [0.5, 0.6) is 0 Å². The first-order valence-electron chi connectivity index (χ1n) is 5.98.